The fourth-order valence-electron chi connectivity index (χ4n) is 0.348. The number of nitrogens with one attached hydrogen (secondary N) is 2. The van der Waals surface area contributed by atoms with Crippen molar-refractivity contribution in [2.75, 3.05) is 5.32 Å². The summed E-state index contributed by atoms with van der Waals surface area (Å²) >= 11 is 0. The maximum Gasteiger partial charge on any atom is 0.440 e. The van der Waals surface area contributed by atoms with Gasteiger partial charge >= 0.3 is 5.76 Å². The van der Waals surface area contributed by atoms with Crippen molar-refractivity contribution in [1.82, 2.24) is 10.1 Å². The molecule has 1 aromatic heterocycles. The van der Waals surface area contributed by atoms with Gasteiger partial charge in [-0.25, -0.2) is 4.79 Å². The molecule has 0 unspecified atom stereocenters. The van der Waals surface area contributed by atoms with Gasteiger partial charge in [0.1, 0.15) is 0 Å². The molecule has 0 fully saturated rings. The number of hydrogen-bond acceptors (Lipinski definition) is 4. The third kappa shape index (κ3) is 1.15. The molecule has 0 aromatic carbocycles. The van der Waals surface area contributed by atoms with Crippen LogP contribution >= 0.6 is 0 Å². The Balaban J connectivity index is 2.84. The summed E-state index contributed by atoms with van der Waals surface area (Å²) in [5.41, 5.74) is 0. The molecule has 0 aliphatic heterocycles. The normalized spacial score (nSPS) is 8.89. The number of rotatable bonds is 2. The van der Waals surface area contributed by atoms with Crippen LogP contribution in [-0.4, -0.2) is 16.6 Å². The van der Waals surface area contributed by atoms with Crippen LogP contribution in [0.5, 0.6) is 0 Å². The minimum absolute atomic E-state index is 0.00926. The van der Waals surface area contributed by atoms with Crippen LogP contribution in [0.4, 0.5) is 5.95 Å². The summed E-state index contributed by atoms with van der Waals surface area (Å²) in [5.74, 6) is -0.686. The SMILES string of the molecule is O=CNc1noc(=O)[nH]1. The molecule has 2 N–H and O–H groups in total. The Morgan fingerprint density at radius 3 is 3.00 bits per heavy atom. The summed E-state index contributed by atoms with van der Waals surface area (Å²) in [5, 5.41) is 5.21. The third-order valence-electron chi connectivity index (χ3n) is 0.636. The molecular weight excluding hydrogens is 126 g/mol. The Hall–Kier alpha value is -1.59. The molecule has 0 aliphatic rings. The van der Waals surface area contributed by atoms with Crippen molar-refractivity contribution in [2.24, 2.45) is 0 Å². The van der Waals surface area contributed by atoms with Crippen LogP contribution < -0.4 is 11.1 Å². The topological polar surface area (TPSA) is 88.0 Å². The van der Waals surface area contributed by atoms with Crippen LogP contribution in [0.1, 0.15) is 0 Å². The van der Waals surface area contributed by atoms with E-state index in [-0.39, 0.29) is 5.95 Å². The van der Waals surface area contributed by atoms with Crippen molar-refractivity contribution < 1.29 is 9.32 Å². The van der Waals surface area contributed by atoms with Crippen LogP contribution in [0.15, 0.2) is 9.32 Å². The molecule has 0 saturated heterocycles. The Morgan fingerprint density at radius 2 is 2.56 bits per heavy atom. The number of H-pyrrole nitrogens is 1. The molecule has 0 aliphatic carbocycles. The first kappa shape index (κ1) is 5.54. The van der Waals surface area contributed by atoms with Gasteiger partial charge in [0.2, 0.25) is 12.4 Å². The van der Waals surface area contributed by atoms with Crippen molar-refractivity contribution in [2.45, 2.75) is 0 Å². The molecule has 0 saturated carbocycles. The van der Waals surface area contributed by atoms with Crippen molar-refractivity contribution in [3.05, 3.63) is 10.6 Å². The highest BCUT2D eigenvalue weighted by molar-refractivity contribution is 5.65. The molecule has 0 spiro atoms. The summed E-state index contributed by atoms with van der Waals surface area (Å²) < 4.78 is 4.03. The molecule has 48 valence electrons. The van der Waals surface area contributed by atoms with E-state index >= 15 is 0 Å². The van der Waals surface area contributed by atoms with Crippen LogP contribution in [0.25, 0.3) is 0 Å². The lowest BCUT2D eigenvalue weighted by Gasteiger charge is -1.80. The standard InChI is InChI=1S/C3H3N3O3/c7-1-4-2-5-3(8)9-6-2/h1H,(H2,4,5,6,7,8). The molecule has 1 rings (SSSR count). The highest BCUT2D eigenvalue weighted by atomic mass is 16.5. The zero-order chi connectivity index (χ0) is 6.69. The van der Waals surface area contributed by atoms with Gasteiger partial charge in [-0.2, -0.15) is 0 Å². The van der Waals surface area contributed by atoms with Gasteiger partial charge < -0.3 is 0 Å². The Bertz CT molecular complexity index is 249. The first-order valence-electron chi connectivity index (χ1n) is 2.09. The summed E-state index contributed by atoms with van der Waals surface area (Å²) in [6, 6.07) is 0. The fourth-order valence-corrected chi connectivity index (χ4v) is 0.348. The van der Waals surface area contributed by atoms with E-state index in [1.165, 1.54) is 0 Å². The first-order valence-corrected chi connectivity index (χ1v) is 2.09. The summed E-state index contributed by atoms with van der Waals surface area (Å²) in [6.45, 7) is 0. The Labute approximate surface area is 48.9 Å². The van der Waals surface area contributed by atoms with Gasteiger partial charge in [0, 0.05) is 0 Å². The highest BCUT2D eigenvalue weighted by Crippen LogP contribution is 1.85. The van der Waals surface area contributed by atoms with E-state index < -0.39 is 5.76 Å². The van der Waals surface area contributed by atoms with E-state index in [0.717, 1.165) is 0 Å². The van der Waals surface area contributed by atoms with Gasteiger partial charge in [-0.05, 0) is 5.16 Å². The molecule has 1 amide bonds. The van der Waals surface area contributed by atoms with Crippen LogP contribution in [0.2, 0.25) is 0 Å². The number of aromatic amines is 1. The van der Waals surface area contributed by atoms with Gasteiger partial charge in [-0.15, -0.1) is 0 Å². The van der Waals surface area contributed by atoms with Gasteiger partial charge in [0.15, 0.2) is 0 Å². The second-order valence-electron chi connectivity index (χ2n) is 1.21. The molecule has 0 atom stereocenters. The molecule has 1 heterocycles. The van der Waals surface area contributed by atoms with E-state index in [4.69, 9.17) is 0 Å². The molecule has 6 nitrogen and oxygen atoms in total. The number of carbonyl (C=O) groups is 1. The maximum atomic E-state index is 10.1. The van der Waals surface area contributed by atoms with Gasteiger partial charge in [-0.3, -0.25) is 19.6 Å². The Morgan fingerprint density at radius 1 is 1.78 bits per heavy atom. The van der Waals surface area contributed by atoms with E-state index in [1.807, 2.05) is 0 Å². The summed E-state index contributed by atoms with van der Waals surface area (Å²) in [6.07, 6.45) is 0.383. The van der Waals surface area contributed by atoms with Crippen LogP contribution in [0.3, 0.4) is 0 Å². The summed E-state index contributed by atoms with van der Waals surface area (Å²) in [7, 11) is 0. The zero-order valence-electron chi connectivity index (χ0n) is 4.25. The van der Waals surface area contributed by atoms with Gasteiger partial charge in [0.05, 0.1) is 0 Å². The van der Waals surface area contributed by atoms with Crippen LogP contribution in [-0.2, 0) is 4.79 Å². The minimum Gasteiger partial charge on any atom is -0.296 e. The average molecular weight is 129 g/mol. The third-order valence-corrected chi connectivity index (χ3v) is 0.636. The summed E-state index contributed by atoms with van der Waals surface area (Å²) in [4.78, 5) is 21.9. The van der Waals surface area contributed by atoms with E-state index in [1.54, 1.807) is 0 Å². The number of aromatic nitrogens is 2. The lowest BCUT2D eigenvalue weighted by atomic mass is 11.0. The van der Waals surface area contributed by atoms with E-state index in [9.17, 15) is 9.59 Å². The number of nitrogens with zero attached hydrogens (tertiary/aromatic N) is 1. The Kier molecular flexibility index (Phi) is 1.31. The smallest absolute Gasteiger partial charge is 0.296 e. The predicted molar refractivity (Wildman–Crippen MR) is 26.8 cm³/mol. The lowest BCUT2D eigenvalue weighted by molar-refractivity contribution is -0.105. The molecule has 0 radical (unpaired) electrons. The molecule has 1 aromatic rings. The second kappa shape index (κ2) is 2.12. The molecule has 6 heteroatoms. The quantitative estimate of drug-likeness (QED) is 0.497. The van der Waals surface area contributed by atoms with Crippen molar-refractivity contribution in [3.63, 3.8) is 0 Å². The number of amides is 1. The van der Waals surface area contributed by atoms with Crippen LogP contribution in [0, 0.1) is 0 Å². The van der Waals surface area contributed by atoms with E-state index in [2.05, 4.69) is 20.0 Å². The molecule has 9 heavy (non-hydrogen) atoms. The highest BCUT2D eigenvalue weighted by Gasteiger charge is 1.94. The monoisotopic (exact) mass is 129 g/mol. The molecule has 0 bridgehead atoms. The fraction of sp³-hybridized carbons (Fsp3) is 0. The second-order valence-corrected chi connectivity index (χ2v) is 1.21. The van der Waals surface area contributed by atoms with Gasteiger partial charge in [-0.1, -0.05) is 0 Å². The maximum absolute atomic E-state index is 10.1. The number of carbonyl (C=O) groups excluding carboxylic acids is 1. The van der Waals surface area contributed by atoms with Crippen molar-refractivity contribution in [3.8, 4) is 0 Å². The van der Waals surface area contributed by atoms with Gasteiger partial charge in [0.25, 0.3) is 0 Å². The minimum atomic E-state index is -0.695. The van der Waals surface area contributed by atoms with E-state index in [0.29, 0.717) is 6.41 Å². The van der Waals surface area contributed by atoms with Crippen molar-refractivity contribution >= 4 is 12.4 Å². The van der Waals surface area contributed by atoms with Crippen molar-refractivity contribution in [1.29, 1.82) is 0 Å². The zero-order valence-corrected chi connectivity index (χ0v) is 4.25. The number of anilines is 1. The predicted octanol–water partition coefficient (Wildman–Crippen LogP) is -1.07. The largest absolute Gasteiger partial charge is 0.440 e. The average Bonchev–Trinajstić information content (AvgIpc) is 2.17. The number of hydrogen-bond donors (Lipinski definition) is 2. The molecular formula is C3H3N3O3. The lowest BCUT2D eigenvalue weighted by Crippen LogP contribution is -1.99. The first-order chi connectivity index (χ1) is 4.33.